The van der Waals surface area contributed by atoms with E-state index in [9.17, 15) is 9.50 Å². The van der Waals surface area contributed by atoms with E-state index in [1.54, 1.807) is 6.07 Å². The topological polar surface area (TPSA) is 60.0 Å². The third kappa shape index (κ3) is 5.42. The summed E-state index contributed by atoms with van der Waals surface area (Å²) in [5, 5.41) is 10.8. The van der Waals surface area contributed by atoms with Crippen molar-refractivity contribution >= 4 is 5.69 Å². The smallest absolute Gasteiger partial charge is 0.124 e. The predicted molar refractivity (Wildman–Crippen MR) is 136 cm³/mol. The maximum absolute atomic E-state index is 13.2. The third-order valence-corrected chi connectivity index (χ3v) is 7.13. The molecule has 3 atom stereocenters. The van der Waals surface area contributed by atoms with E-state index in [2.05, 4.69) is 51.8 Å². The summed E-state index contributed by atoms with van der Waals surface area (Å²) in [6.45, 7) is 7.21. The molecule has 3 aromatic carbocycles. The highest BCUT2D eigenvalue weighted by molar-refractivity contribution is 5.47. The van der Waals surface area contributed by atoms with Gasteiger partial charge in [0.2, 0.25) is 0 Å². The summed E-state index contributed by atoms with van der Waals surface area (Å²) in [7, 11) is 0. The molecule has 35 heavy (non-hydrogen) atoms. The van der Waals surface area contributed by atoms with Crippen molar-refractivity contribution in [3.63, 3.8) is 0 Å². The Labute approximate surface area is 206 Å². The highest BCUT2D eigenvalue weighted by Crippen LogP contribution is 2.41. The van der Waals surface area contributed by atoms with Gasteiger partial charge in [0.15, 0.2) is 0 Å². The van der Waals surface area contributed by atoms with Gasteiger partial charge in [-0.2, -0.15) is 0 Å². The van der Waals surface area contributed by atoms with Gasteiger partial charge in [-0.1, -0.05) is 36.4 Å². The van der Waals surface area contributed by atoms with Crippen LogP contribution in [0, 0.1) is 5.82 Å². The van der Waals surface area contributed by atoms with Gasteiger partial charge in [-0.05, 0) is 42.8 Å². The highest BCUT2D eigenvalue weighted by atomic mass is 19.1. The van der Waals surface area contributed by atoms with E-state index in [4.69, 9.17) is 4.74 Å². The summed E-state index contributed by atoms with van der Waals surface area (Å²) in [6.07, 6.45) is 0. The summed E-state index contributed by atoms with van der Waals surface area (Å²) in [4.78, 5) is 4.65. The molecule has 184 valence electrons. The van der Waals surface area contributed by atoms with Crippen molar-refractivity contribution in [3.05, 3.63) is 89.7 Å². The summed E-state index contributed by atoms with van der Waals surface area (Å²) < 4.78 is 19.1. The minimum Gasteiger partial charge on any atom is -0.507 e. The fourth-order valence-electron chi connectivity index (χ4n) is 5.17. The number of nitrogens with zero attached hydrogens (tertiary/aromatic N) is 2. The van der Waals surface area contributed by atoms with Crippen molar-refractivity contribution in [1.29, 1.82) is 0 Å². The van der Waals surface area contributed by atoms with Crippen LogP contribution in [0.4, 0.5) is 10.1 Å². The van der Waals surface area contributed by atoms with Crippen molar-refractivity contribution in [3.8, 4) is 11.5 Å². The van der Waals surface area contributed by atoms with Gasteiger partial charge in [-0.3, -0.25) is 10.3 Å². The molecule has 3 aromatic rings. The molecule has 0 bridgehead atoms. The van der Waals surface area contributed by atoms with Crippen LogP contribution in [0.25, 0.3) is 0 Å². The number of hydrogen-bond donors (Lipinski definition) is 3. The number of piperazine rings is 1. The Bertz CT molecular complexity index is 1100. The summed E-state index contributed by atoms with van der Waals surface area (Å²) in [5.41, 5.74) is 9.85. The van der Waals surface area contributed by atoms with Crippen molar-refractivity contribution in [2.75, 3.05) is 44.2 Å². The lowest BCUT2D eigenvalue weighted by Gasteiger charge is -2.36. The van der Waals surface area contributed by atoms with E-state index in [0.29, 0.717) is 12.4 Å². The van der Waals surface area contributed by atoms with Crippen LogP contribution in [0.5, 0.6) is 11.5 Å². The zero-order valence-electron chi connectivity index (χ0n) is 20.0. The summed E-state index contributed by atoms with van der Waals surface area (Å²) >= 11 is 0. The lowest BCUT2D eigenvalue weighted by Crippen LogP contribution is -2.47. The lowest BCUT2D eigenvalue weighted by atomic mass is 9.84. The molecule has 5 rings (SSSR count). The summed E-state index contributed by atoms with van der Waals surface area (Å²) in [6, 6.07) is 22.9. The second-order valence-corrected chi connectivity index (χ2v) is 9.37. The Morgan fingerprint density at radius 2 is 1.69 bits per heavy atom. The minimum absolute atomic E-state index is 0.0288. The van der Waals surface area contributed by atoms with Gasteiger partial charge in [0, 0.05) is 62.0 Å². The van der Waals surface area contributed by atoms with Crippen LogP contribution < -0.4 is 20.5 Å². The number of phenols is 1. The van der Waals surface area contributed by atoms with E-state index in [-0.39, 0.29) is 29.6 Å². The molecule has 6 nitrogen and oxygen atoms in total. The predicted octanol–water partition coefficient (Wildman–Crippen LogP) is 4.05. The maximum Gasteiger partial charge on any atom is 0.124 e. The van der Waals surface area contributed by atoms with Gasteiger partial charge >= 0.3 is 0 Å². The largest absolute Gasteiger partial charge is 0.507 e. The van der Waals surface area contributed by atoms with Crippen LogP contribution in [0.2, 0.25) is 0 Å². The molecule has 0 aromatic heterocycles. The first-order valence-corrected chi connectivity index (χ1v) is 12.3. The first-order valence-electron chi connectivity index (χ1n) is 12.3. The Balaban J connectivity index is 1.13. The van der Waals surface area contributed by atoms with E-state index in [1.807, 2.05) is 30.3 Å². The Hall–Kier alpha value is -3.13. The molecule has 0 aliphatic carbocycles. The number of anilines is 1. The second kappa shape index (κ2) is 10.6. The van der Waals surface area contributed by atoms with Crippen molar-refractivity contribution in [2.45, 2.75) is 24.9 Å². The quantitative estimate of drug-likeness (QED) is 0.478. The van der Waals surface area contributed by atoms with Crippen LogP contribution in [0.3, 0.4) is 0 Å². The number of benzene rings is 3. The van der Waals surface area contributed by atoms with Gasteiger partial charge in [0.1, 0.15) is 23.9 Å². The number of ether oxygens (including phenoxy) is 1. The average Bonchev–Trinajstić information content (AvgIpc) is 3.26. The zero-order chi connectivity index (χ0) is 24.2. The van der Waals surface area contributed by atoms with E-state index in [0.717, 1.165) is 44.0 Å². The van der Waals surface area contributed by atoms with Crippen LogP contribution in [0.1, 0.15) is 30.0 Å². The molecule has 0 radical (unpaired) electrons. The molecule has 2 aliphatic heterocycles. The van der Waals surface area contributed by atoms with E-state index < -0.39 is 0 Å². The van der Waals surface area contributed by atoms with Gasteiger partial charge in [-0.15, -0.1) is 0 Å². The SMILES string of the molecule is CC1NNC(c2ccc(OCCN3CCN(c4ccc(F)cc4)CC3)cc2O)C1c1ccccc1. The van der Waals surface area contributed by atoms with Crippen LogP contribution in [-0.2, 0) is 0 Å². The molecule has 3 unspecified atom stereocenters. The number of phenolic OH excluding ortho intramolecular Hbond substituents is 1. The Morgan fingerprint density at radius 1 is 0.943 bits per heavy atom. The highest BCUT2D eigenvalue weighted by Gasteiger charge is 2.36. The van der Waals surface area contributed by atoms with Crippen molar-refractivity contribution < 1.29 is 14.2 Å². The first kappa shape index (κ1) is 23.6. The number of nitrogens with one attached hydrogen (secondary N) is 2. The molecule has 2 saturated heterocycles. The number of rotatable bonds is 7. The Kier molecular flexibility index (Phi) is 7.18. The van der Waals surface area contributed by atoms with Gasteiger partial charge in [0.25, 0.3) is 0 Å². The molecule has 2 heterocycles. The van der Waals surface area contributed by atoms with Crippen molar-refractivity contribution in [2.24, 2.45) is 0 Å². The molecule has 3 N–H and O–H groups in total. The standard InChI is InChI=1S/C28H33FN4O2/c1-20-27(21-5-3-2-4-6-21)28(31-30-20)25-12-11-24(19-26(25)34)35-18-17-32-13-15-33(16-14-32)23-9-7-22(29)8-10-23/h2-12,19-20,27-28,30-31,34H,13-18H2,1H3. The monoisotopic (exact) mass is 476 g/mol. The minimum atomic E-state index is -0.203. The average molecular weight is 477 g/mol. The van der Waals surface area contributed by atoms with Gasteiger partial charge < -0.3 is 14.7 Å². The van der Waals surface area contributed by atoms with Crippen LogP contribution in [-0.4, -0.2) is 55.4 Å². The molecule has 2 aliphatic rings. The number of aromatic hydroxyl groups is 1. The van der Waals surface area contributed by atoms with Crippen molar-refractivity contribution in [1.82, 2.24) is 15.8 Å². The Morgan fingerprint density at radius 3 is 2.40 bits per heavy atom. The van der Waals surface area contributed by atoms with Crippen LogP contribution >= 0.6 is 0 Å². The fourth-order valence-corrected chi connectivity index (χ4v) is 5.17. The van der Waals surface area contributed by atoms with Gasteiger partial charge in [-0.25, -0.2) is 9.82 Å². The first-order chi connectivity index (χ1) is 17.1. The molecule has 0 spiro atoms. The summed E-state index contributed by atoms with van der Waals surface area (Å²) in [5.74, 6) is 0.920. The normalized spacial score (nSPS) is 22.9. The molecule has 0 saturated carbocycles. The number of hydrogen-bond acceptors (Lipinski definition) is 6. The third-order valence-electron chi connectivity index (χ3n) is 7.13. The molecular formula is C28H33FN4O2. The second-order valence-electron chi connectivity index (χ2n) is 9.37. The molecule has 7 heteroatoms. The van der Waals surface area contributed by atoms with Gasteiger partial charge in [0.05, 0.1) is 6.04 Å². The van der Waals surface area contributed by atoms with Crippen LogP contribution in [0.15, 0.2) is 72.8 Å². The molecule has 0 amide bonds. The molecule has 2 fully saturated rings. The zero-order valence-corrected chi connectivity index (χ0v) is 20.0. The maximum atomic E-state index is 13.2. The number of halogens is 1. The molecular weight excluding hydrogens is 443 g/mol. The number of hydrazine groups is 1. The fraction of sp³-hybridized carbons (Fsp3) is 0.357. The van der Waals surface area contributed by atoms with E-state index >= 15 is 0 Å². The van der Waals surface area contributed by atoms with E-state index in [1.165, 1.54) is 17.7 Å². The lowest BCUT2D eigenvalue weighted by molar-refractivity contribution is 0.200.